The van der Waals surface area contributed by atoms with E-state index >= 15 is 0 Å². The monoisotopic (exact) mass is 383 g/mol. The first-order chi connectivity index (χ1) is 13.0. The van der Waals surface area contributed by atoms with Crippen molar-refractivity contribution >= 4 is 28.9 Å². The van der Waals surface area contributed by atoms with Gasteiger partial charge in [0, 0.05) is 11.8 Å². The first-order valence-electron chi connectivity index (χ1n) is 8.40. The van der Waals surface area contributed by atoms with Crippen molar-refractivity contribution < 1.29 is 14.3 Å². The summed E-state index contributed by atoms with van der Waals surface area (Å²) in [7, 11) is 3.12. The molecule has 27 heavy (non-hydrogen) atoms. The van der Waals surface area contributed by atoms with E-state index in [4.69, 9.17) is 21.7 Å². The number of anilines is 1. The van der Waals surface area contributed by atoms with Crippen molar-refractivity contribution in [1.29, 1.82) is 0 Å². The molecular weight excluding hydrogens is 362 g/mol. The van der Waals surface area contributed by atoms with Crippen molar-refractivity contribution in [2.75, 3.05) is 19.5 Å². The van der Waals surface area contributed by atoms with E-state index in [1.54, 1.807) is 32.4 Å². The van der Waals surface area contributed by atoms with Gasteiger partial charge in [-0.1, -0.05) is 30.3 Å². The van der Waals surface area contributed by atoms with Gasteiger partial charge in [0.15, 0.2) is 5.11 Å². The summed E-state index contributed by atoms with van der Waals surface area (Å²) < 4.78 is 10.6. The number of hydrogen-bond acceptors (Lipinski definition) is 4. The minimum Gasteiger partial charge on any atom is -0.497 e. The summed E-state index contributed by atoms with van der Waals surface area (Å²) in [6.45, 7) is 1.83. The molecule has 1 amide bonds. The molecule has 2 aromatic carbocycles. The molecule has 1 aliphatic rings. The predicted octanol–water partition coefficient (Wildman–Crippen LogP) is 3.14. The van der Waals surface area contributed by atoms with Gasteiger partial charge in [-0.3, -0.25) is 4.79 Å². The lowest BCUT2D eigenvalue weighted by Crippen LogP contribution is -2.45. The third-order valence-electron chi connectivity index (χ3n) is 4.30. The summed E-state index contributed by atoms with van der Waals surface area (Å²) >= 11 is 5.28. The average Bonchev–Trinajstić information content (AvgIpc) is 2.67. The SMILES string of the molecule is COc1ccc(OC)c(NC(=O)C2=C(C)NC(=S)N[C@@H]2c2ccccc2)c1. The molecule has 0 aromatic heterocycles. The van der Waals surface area contributed by atoms with Crippen LogP contribution in [0.4, 0.5) is 5.69 Å². The van der Waals surface area contributed by atoms with Crippen LogP contribution in [0.1, 0.15) is 18.5 Å². The number of benzene rings is 2. The second-order valence-electron chi connectivity index (χ2n) is 6.00. The highest BCUT2D eigenvalue weighted by molar-refractivity contribution is 7.80. The molecule has 3 rings (SSSR count). The molecule has 0 unspecified atom stereocenters. The molecule has 0 aliphatic carbocycles. The molecule has 0 bridgehead atoms. The Bertz CT molecular complexity index is 897. The summed E-state index contributed by atoms with van der Waals surface area (Å²) in [6, 6.07) is 14.6. The van der Waals surface area contributed by atoms with Crippen LogP contribution in [0.3, 0.4) is 0 Å². The standard InChI is InChI=1S/C20H21N3O3S/c1-12-17(18(23-20(27)21-12)13-7-5-4-6-8-13)19(24)22-15-11-14(25-2)9-10-16(15)26-3/h4-11,18H,1-3H3,(H,22,24)(H2,21,23,27)/t18-/m1/s1. The van der Waals surface area contributed by atoms with Crippen molar-refractivity contribution in [2.45, 2.75) is 13.0 Å². The molecule has 1 heterocycles. The van der Waals surface area contributed by atoms with Gasteiger partial charge >= 0.3 is 0 Å². The molecule has 0 radical (unpaired) electrons. The third-order valence-corrected chi connectivity index (χ3v) is 4.52. The number of carbonyl (C=O) groups is 1. The van der Waals surface area contributed by atoms with Gasteiger partial charge in [-0.15, -0.1) is 0 Å². The van der Waals surface area contributed by atoms with Crippen LogP contribution in [0.2, 0.25) is 0 Å². The number of hydrogen-bond donors (Lipinski definition) is 3. The average molecular weight is 383 g/mol. The van der Waals surface area contributed by atoms with Crippen molar-refractivity contribution in [3.63, 3.8) is 0 Å². The molecule has 140 valence electrons. The van der Waals surface area contributed by atoms with E-state index in [9.17, 15) is 4.79 Å². The summed E-state index contributed by atoms with van der Waals surface area (Å²) in [5, 5.41) is 9.62. The summed E-state index contributed by atoms with van der Waals surface area (Å²) in [5.74, 6) is 0.916. The van der Waals surface area contributed by atoms with E-state index in [-0.39, 0.29) is 11.9 Å². The van der Waals surface area contributed by atoms with E-state index in [2.05, 4.69) is 16.0 Å². The number of amides is 1. The highest BCUT2D eigenvalue weighted by Gasteiger charge is 2.30. The quantitative estimate of drug-likeness (QED) is 0.689. The molecule has 1 atom stereocenters. The smallest absolute Gasteiger partial charge is 0.255 e. The normalized spacial score (nSPS) is 16.3. The van der Waals surface area contributed by atoms with Gasteiger partial charge in [0.05, 0.1) is 31.5 Å². The van der Waals surface area contributed by atoms with Gasteiger partial charge in [0.1, 0.15) is 11.5 Å². The highest BCUT2D eigenvalue weighted by atomic mass is 32.1. The number of rotatable bonds is 5. The molecule has 6 nitrogen and oxygen atoms in total. The van der Waals surface area contributed by atoms with E-state index in [1.165, 1.54) is 0 Å². The second kappa shape index (κ2) is 8.09. The Labute approximate surface area is 163 Å². The van der Waals surface area contributed by atoms with Gasteiger partial charge < -0.3 is 25.4 Å². The first-order valence-corrected chi connectivity index (χ1v) is 8.81. The van der Waals surface area contributed by atoms with E-state index in [1.807, 2.05) is 37.3 Å². The Morgan fingerprint density at radius 2 is 1.85 bits per heavy atom. The number of carbonyl (C=O) groups excluding carboxylic acids is 1. The molecule has 0 saturated heterocycles. The first kappa shape index (κ1) is 18.7. The zero-order valence-electron chi connectivity index (χ0n) is 15.3. The van der Waals surface area contributed by atoms with Crippen LogP contribution in [0.5, 0.6) is 11.5 Å². The van der Waals surface area contributed by atoms with Crippen LogP contribution in [-0.2, 0) is 4.79 Å². The Morgan fingerprint density at radius 3 is 2.52 bits per heavy atom. The Kier molecular flexibility index (Phi) is 5.61. The fourth-order valence-electron chi connectivity index (χ4n) is 2.99. The van der Waals surface area contributed by atoms with E-state index < -0.39 is 0 Å². The van der Waals surface area contributed by atoms with Crippen molar-refractivity contribution in [2.24, 2.45) is 0 Å². The van der Waals surface area contributed by atoms with Crippen molar-refractivity contribution in [1.82, 2.24) is 10.6 Å². The molecule has 2 aromatic rings. The number of allylic oxidation sites excluding steroid dienone is 1. The second-order valence-corrected chi connectivity index (χ2v) is 6.41. The fourth-order valence-corrected chi connectivity index (χ4v) is 3.26. The number of ether oxygens (including phenoxy) is 2. The van der Waals surface area contributed by atoms with Gasteiger partial charge in [-0.25, -0.2) is 0 Å². The fraction of sp³-hybridized carbons (Fsp3) is 0.200. The minimum atomic E-state index is -0.350. The zero-order chi connectivity index (χ0) is 19.4. The van der Waals surface area contributed by atoms with Crippen molar-refractivity contribution in [3.8, 4) is 11.5 Å². The van der Waals surface area contributed by atoms with Gasteiger partial charge in [-0.2, -0.15) is 0 Å². The maximum absolute atomic E-state index is 13.1. The number of methoxy groups -OCH3 is 2. The lowest BCUT2D eigenvalue weighted by atomic mass is 9.95. The largest absolute Gasteiger partial charge is 0.497 e. The topological polar surface area (TPSA) is 71.6 Å². The highest BCUT2D eigenvalue weighted by Crippen LogP contribution is 2.32. The molecule has 1 aliphatic heterocycles. The maximum Gasteiger partial charge on any atom is 0.255 e. The van der Waals surface area contributed by atoms with Crippen LogP contribution in [0.15, 0.2) is 59.8 Å². The maximum atomic E-state index is 13.1. The van der Waals surface area contributed by atoms with Gasteiger partial charge in [0.2, 0.25) is 0 Å². The Morgan fingerprint density at radius 1 is 1.11 bits per heavy atom. The number of thiocarbonyl (C=S) groups is 1. The van der Waals surface area contributed by atoms with E-state index in [0.717, 1.165) is 5.56 Å². The van der Waals surface area contributed by atoms with Crippen molar-refractivity contribution in [3.05, 3.63) is 65.4 Å². The molecule has 0 spiro atoms. The van der Waals surface area contributed by atoms with Gasteiger partial charge in [0.25, 0.3) is 5.91 Å². The molecule has 3 N–H and O–H groups in total. The van der Waals surface area contributed by atoms with E-state index in [0.29, 0.717) is 33.6 Å². The zero-order valence-corrected chi connectivity index (χ0v) is 16.1. The Hall–Kier alpha value is -3.06. The summed E-state index contributed by atoms with van der Waals surface area (Å²) in [5.41, 5.74) is 2.73. The third kappa shape index (κ3) is 4.03. The van der Waals surface area contributed by atoms with Crippen LogP contribution >= 0.6 is 12.2 Å². The minimum absolute atomic E-state index is 0.254. The van der Waals surface area contributed by atoms with Crippen LogP contribution in [-0.4, -0.2) is 25.2 Å². The molecular formula is C20H21N3O3S. The lowest BCUT2D eigenvalue weighted by Gasteiger charge is -2.30. The van der Waals surface area contributed by atoms with Crippen LogP contribution in [0, 0.1) is 0 Å². The van der Waals surface area contributed by atoms with Gasteiger partial charge in [-0.05, 0) is 36.8 Å². The van der Waals surface area contributed by atoms with Crippen LogP contribution in [0.25, 0.3) is 0 Å². The predicted molar refractivity (Wildman–Crippen MR) is 109 cm³/mol. The molecule has 7 heteroatoms. The van der Waals surface area contributed by atoms with Crippen LogP contribution < -0.4 is 25.4 Å². The molecule has 0 saturated carbocycles. The summed E-state index contributed by atoms with van der Waals surface area (Å²) in [4.78, 5) is 13.1. The summed E-state index contributed by atoms with van der Waals surface area (Å²) in [6.07, 6.45) is 0. The molecule has 0 fully saturated rings. The lowest BCUT2D eigenvalue weighted by molar-refractivity contribution is -0.113. The number of nitrogens with one attached hydrogen (secondary N) is 3. The Balaban J connectivity index is 1.96.